The fourth-order valence-electron chi connectivity index (χ4n) is 2.23. The first-order valence-electron chi connectivity index (χ1n) is 7.45. The summed E-state index contributed by atoms with van der Waals surface area (Å²) in [5.41, 5.74) is 8.47. The number of hydrogen-bond donors (Lipinski definition) is 4. The van der Waals surface area contributed by atoms with Crippen molar-refractivity contribution in [1.29, 1.82) is 10.7 Å². The number of rotatable bonds is 7. The monoisotopic (exact) mass is 349 g/mol. The molecule has 2 aromatic rings. The van der Waals surface area contributed by atoms with Crippen LogP contribution in [-0.2, 0) is 11.2 Å². The molecule has 8 nitrogen and oxygen atoms in total. The first kappa shape index (κ1) is 18.4. The number of aliphatic carboxylic acids is 1. The van der Waals surface area contributed by atoms with Crippen LogP contribution in [0.2, 0.25) is 0 Å². The second kappa shape index (κ2) is 8.21. The molecule has 0 saturated heterocycles. The molecule has 0 heterocycles. The van der Waals surface area contributed by atoms with Crippen LogP contribution >= 0.6 is 0 Å². The number of hydrogen-bond acceptors (Lipinski definition) is 6. The minimum Gasteiger partial charge on any atom is -0.481 e. The lowest BCUT2D eigenvalue weighted by atomic mass is 9.97. The molecule has 0 unspecified atom stereocenters. The maximum absolute atomic E-state index is 12.8. The first-order chi connectivity index (χ1) is 12.4. The molecular formula is C18H15N5O3. The molecule has 0 aliphatic heterocycles. The third-order valence-corrected chi connectivity index (χ3v) is 3.41. The number of benzene rings is 2. The second-order valence-electron chi connectivity index (χ2n) is 5.20. The van der Waals surface area contributed by atoms with Crippen LogP contribution in [0.25, 0.3) is 0 Å². The van der Waals surface area contributed by atoms with Crippen molar-refractivity contribution in [3.8, 4) is 6.07 Å². The molecule has 5 N–H and O–H groups in total. The van der Waals surface area contributed by atoms with Gasteiger partial charge in [-0.15, -0.1) is 0 Å². The van der Waals surface area contributed by atoms with Crippen LogP contribution in [0.15, 0.2) is 53.6 Å². The van der Waals surface area contributed by atoms with E-state index >= 15 is 0 Å². The smallest absolute Gasteiger partial charge is 0.307 e. The average Bonchev–Trinajstić information content (AvgIpc) is 2.62. The third-order valence-electron chi connectivity index (χ3n) is 3.41. The van der Waals surface area contributed by atoms with Crippen LogP contribution in [-0.4, -0.2) is 28.4 Å². The molecule has 0 fully saturated rings. The molecule has 0 spiro atoms. The number of amidine groups is 1. The lowest BCUT2D eigenvalue weighted by Gasteiger charge is -2.13. The van der Waals surface area contributed by atoms with E-state index in [2.05, 4.69) is 10.5 Å². The van der Waals surface area contributed by atoms with Gasteiger partial charge in [0, 0.05) is 11.1 Å². The Morgan fingerprint density at radius 2 is 1.88 bits per heavy atom. The largest absolute Gasteiger partial charge is 0.481 e. The van der Waals surface area contributed by atoms with Crippen molar-refractivity contribution < 1.29 is 14.7 Å². The maximum Gasteiger partial charge on any atom is 0.307 e. The van der Waals surface area contributed by atoms with E-state index in [9.17, 15) is 9.59 Å². The fourth-order valence-corrected chi connectivity index (χ4v) is 2.23. The van der Waals surface area contributed by atoms with Gasteiger partial charge in [-0.2, -0.15) is 10.4 Å². The van der Waals surface area contributed by atoms with Gasteiger partial charge in [0.15, 0.2) is 11.6 Å². The lowest BCUT2D eigenvalue weighted by Crippen LogP contribution is -2.22. The molecule has 26 heavy (non-hydrogen) atoms. The zero-order chi connectivity index (χ0) is 19.1. The number of nitrogens with zero attached hydrogens (tertiary/aromatic N) is 2. The van der Waals surface area contributed by atoms with Gasteiger partial charge >= 0.3 is 5.97 Å². The molecule has 0 aliphatic rings. The molecule has 0 aliphatic carbocycles. The molecule has 0 radical (unpaired) electrons. The van der Waals surface area contributed by atoms with Gasteiger partial charge in [-0.1, -0.05) is 42.5 Å². The normalized spacial score (nSPS) is 10.7. The Kier molecular flexibility index (Phi) is 5.79. The molecule has 2 aromatic carbocycles. The van der Waals surface area contributed by atoms with E-state index in [0.717, 1.165) is 0 Å². The summed E-state index contributed by atoms with van der Waals surface area (Å²) in [5, 5.41) is 29.0. The van der Waals surface area contributed by atoms with Crippen molar-refractivity contribution in [3.05, 3.63) is 65.2 Å². The molecule has 0 bridgehead atoms. The number of anilines is 1. The number of nitriles is 1. The van der Waals surface area contributed by atoms with Crippen LogP contribution in [0, 0.1) is 16.7 Å². The number of para-hydroxylation sites is 1. The van der Waals surface area contributed by atoms with Gasteiger partial charge in [0.1, 0.15) is 6.07 Å². The number of nitrogens with one attached hydrogen (secondary N) is 2. The summed E-state index contributed by atoms with van der Waals surface area (Å²) in [7, 11) is 0. The van der Waals surface area contributed by atoms with Crippen LogP contribution < -0.4 is 11.2 Å². The Hall–Kier alpha value is -3.99. The van der Waals surface area contributed by atoms with Gasteiger partial charge < -0.3 is 10.8 Å². The van der Waals surface area contributed by atoms with Crippen LogP contribution in [0.5, 0.6) is 0 Å². The molecule has 0 atom stereocenters. The molecule has 0 amide bonds. The summed E-state index contributed by atoms with van der Waals surface area (Å²) >= 11 is 0. The number of carbonyl (C=O) groups excluding carboxylic acids is 1. The van der Waals surface area contributed by atoms with Gasteiger partial charge in [0.2, 0.25) is 5.71 Å². The minimum atomic E-state index is -1.09. The van der Waals surface area contributed by atoms with E-state index in [4.69, 9.17) is 21.5 Å². The van der Waals surface area contributed by atoms with Crippen molar-refractivity contribution >= 4 is 29.0 Å². The van der Waals surface area contributed by atoms with E-state index in [1.807, 2.05) is 0 Å². The Morgan fingerprint density at radius 1 is 1.19 bits per heavy atom. The first-order valence-corrected chi connectivity index (χ1v) is 7.45. The molecule has 2 rings (SSSR count). The van der Waals surface area contributed by atoms with Crippen molar-refractivity contribution in [2.24, 2.45) is 10.8 Å². The van der Waals surface area contributed by atoms with Crippen LogP contribution in [0.3, 0.4) is 0 Å². The number of carboxylic acid groups (broad SMARTS) is 1. The SMILES string of the molecule is N#C/C(=N\Nc1c(CC(=O)O)cccc1C(=O)c1ccccc1)C(=N)N. The molecule has 130 valence electrons. The quantitative estimate of drug-likeness (QED) is 0.259. The van der Waals surface area contributed by atoms with E-state index in [-0.39, 0.29) is 29.2 Å². The number of hydrazone groups is 1. The lowest BCUT2D eigenvalue weighted by molar-refractivity contribution is -0.136. The number of ketones is 1. The van der Waals surface area contributed by atoms with Gasteiger partial charge in [-0.05, 0) is 11.6 Å². The van der Waals surface area contributed by atoms with Gasteiger partial charge in [-0.3, -0.25) is 20.4 Å². The zero-order valence-corrected chi connectivity index (χ0v) is 13.6. The van der Waals surface area contributed by atoms with Crippen LogP contribution in [0.4, 0.5) is 5.69 Å². The summed E-state index contributed by atoms with van der Waals surface area (Å²) in [6.45, 7) is 0. The third kappa shape index (κ3) is 4.30. The van der Waals surface area contributed by atoms with Gasteiger partial charge in [0.25, 0.3) is 0 Å². The number of nitrogens with two attached hydrogens (primary N) is 1. The Morgan fingerprint density at radius 3 is 2.46 bits per heavy atom. The van der Waals surface area contributed by atoms with Gasteiger partial charge in [0.05, 0.1) is 12.1 Å². The summed E-state index contributed by atoms with van der Waals surface area (Å²) in [5.74, 6) is -1.98. The minimum absolute atomic E-state index is 0.151. The van der Waals surface area contributed by atoms with Crippen molar-refractivity contribution in [2.75, 3.05) is 5.43 Å². The Bertz CT molecular complexity index is 930. The van der Waals surface area contributed by atoms with Crippen molar-refractivity contribution in [3.63, 3.8) is 0 Å². The van der Waals surface area contributed by atoms with E-state index in [1.165, 1.54) is 12.1 Å². The summed E-state index contributed by atoms with van der Waals surface area (Å²) in [4.78, 5) is 23.9. The second-order valence-corrected chi connectivity index (χ2v) is 5.20. The van der Waals surface area contributed by atoms with Crippen molar-refractivity contribution in [2.45, 2.75) is 6.42 Å². The highest BCUT2D eigenvalue weighted by Crippen LogP contribution is 2.25. The maximum atomic E-state index is 12.8. The number of carboxylic acids is 1. The predicted octanol–water partition coefficient (Wildman–Crippen LogP) is 1.77. The molecule has 8 heteroatoms. The summed E-state index contributed by atoms with van der Waals surface area (Å²) in [6.07, 6.45) is -0.351. The summed E-state index contributed by atoms with van der Waals surface area (Å²) in [6, 6.07) is 14.7. The van der Waals surface area contributed by atoms with Gasteiger partial charge in [-0.25, -0.2) is 0 Å². The highest BCUT2D eigenvalue weighted by Gasteiger charge is 2.18. The highest BCUT2D eigenvalue weighted by atomic mass is 16.4. The molecule has 0 saturated carbocycles. The zero-order valence-electron chi connectivity index (χ0n) is 13.6. The van der Waals surface area contributed by atoms with Crippen LogP contribution in [0.1, 0.15) is 21.5 Å². The fraction of sp³-hybridized carbons (Fsp3) is 0.0556. The average molecular weight is 349 g/mol. The summed E-state index contributed by atoms with van der Waals surface area (Å²) < 4.78 is 0. The molecular weight excluding hydrogens is 334 g/mol. The van der Waals surface area contributed by atoms with Crippen molar-refractivity contribution in [1.82, 2.24) is 0 Å². The van der Waals surface area contributed by atoms with E-state index in [1.54, 1.807) is 42.5 Å². The van der Waals surface area contributed by atoms with E-state index < -0.39 is 11.8 Å². The Labute approximate surface area is 149 Å². The Balaban J connectivity index is 2.54. The topological polar surface area (TPSA) is 152 Å². The standard InChI is InChI=1S/C18H15N5O3/c19-10-14(18(20)21)22-23-16-12(9-15(24)25)7-4-8-13(16)17(26)11-5-2-1-3-6-11/h1-8,23H,9H2,(H3,20,21)(H,24,25)/b22-14+. The van der Waals surface area contributed by atoms with E-state index in [0.29, 0.717) is 11.1 Å². The number of carbonyl (C=O) groups is 2. The predicted molar refractivity (Wildman–Crippen MR) is 96.2 cm³/mol. The highest BCUT2D eigenvalue weighted by molar-refractivity contribution is 6.45. The molecule has 0 aromatic heterocycles.